The molecular weight excluding hydrogens is 238 g/mol. The number of hydrogen-bond acceptors (Lipinski definition) is 7. The zero-order chi connectivity index (χ0) is 13.5. The molecule has 1 aromatic rings. The van der Waals surface area contributed by atoms with Gasteiger partial charge in [0.2, 0.25) is 17.7 Å². The van der Waals surface area contributed by atoms with E-state index in [1.807, 2.05) is 0 Å². The Hall–Kier alpha value is -2.05. The van der Waals surface area contributed by atoms with Gasteiger partial charge >= 0.3 is 5.97 Å². The van der Waals surface area contributed by atoms with Gasteiger partial charge in [0.25, 0.3) is 0 Å². The minimum atomic E-state index is -0.293. The van der Waals surface area contributed by atoms with Gasteiger partial charge in [-0.05, 0) is 13.3 Å². The molecule has 0 amide bonds. The molecule has 1 heterocycles. The van der Waals surface area contributed by atoms with Crippen LogP contribution in [0.5, 0.6) is 11.8 Å². The Balaban J connectivity index is 2.88. The van der Waals surface area contributed by atoms with Crippen molar-refractivity contribution in [3.63, 3.8) is 0 Å². The Labute approximate surface area is 105 Å². The molecule has 18 heavy (non-hydrogen) atoms. The Bertz CT molecular complexity index is 398. The first-order valence-corrected chi connectivity index (χ1v) is 5.52. The highest BCUT2D eigenvalue weighted by Gasteiger charge is 2.16. The highest BCUT2D eigenvalue weighted by atomic mass is 16.5. The summed E-state index contributed by atoms with van der Waals surface area (Å²) in [6.45, 7) is 2.11. The molecule has 0 aliphatic carbocycles. The van der Waals surface area contributed by atoms with Crippen LogP contribution in [0.3, 0.4) is 0 Å². The number of hydrogen-bond donors (Lipinski definition) is 1. The lowest BCUT2D eigenvalue weighted by Gasteiger charge is -2.11. The van der Waals surface area contributed by atoms with E-state index in [2.05, 4.69) is 9.97 Å². The lowest BCUT2D eigenvalue weighted by molar-refractivity contribution is -0.143. The van der Waals surface area contributed by atoms with Crippen molar-refractivity contribution in [3.8, 4) is 11.8 Å². The standard InChI is InChI=1S/C11H17N3O4/c1-4-18-8(15)6-5-7-9(16-2)13-11(12)14-10(7)17-3/h4-6H2,1-3H3,(H2,12,13,14). The van der Waals surface area contributed by atoms with Gasteiger partial charge in [0.15, 0.2) is 0 Å². The summed E-state index contributed by atoms with van der Waals surface area (Å²) in [6, 6.07) is 0. The second-order valence-corrected chi connectivity index (χ2v) is 3.38. The van der Waals surface area contributed by atoms with Crippen LogP contribution >= 0.6 is 0 Å². The lowest BCUT2D eigenvalue weighted by atomic mass is 10.1. The van der Waals surface area contributed by atoms with Crippen molar-refractivity contribution in [1.82, 2.24) is 9.97 Å². The number of carbonyl (C=O) groups excluding carboxylic acids is 1. The molecule has 0 atom stereocenters. The van der Waals surface area contributed by atoms with Gasteiger partial charge in [-0.1, -0.05) is 0 Å². The van der Waals surface area contributed by atoms with Crippen molar-refractivity contribution in [2.24, 2.45) is 0 Å². The third-order valence-electron chi connectivity index (χ3n) is 2.22. The second-order valence-electron chi connectivity index (χ2n) is 3.38. The first-order chi connectivity index (χ1) is 8.62. The molecule has 2 N–H and O–H groups in total. The third kappa shape index (κ3) is 3.47. The quantitative estimate of drug-likeness (QED) is 0.742. The van der Waals surface area contributed by atoms with Crippen LogP contribution in [0.4, 0.5) is 5.95 Å². The van der Waals surface area contributed by atoms with Crippen LogP contribution in [0.25, 0.3) is 0 Å². The van der Waals surface area contributed by atoms with Gasteiger partial charge in [-0.25, -0.2) is 0 Å². The van der Waals surface area contributed by atoms with Crippen molar-refractivity contribution in [2.75, 3.05) is 26.6 Å². The van der Waals surface area contributed by atoms with Crippen molar-refractivity contribution < 1.29 is 19.0 Å². The fourth-order valence-electron chi connectivity index (χ4n) is 1.47. The number of rotatable bonds is 6. The highest BCUT2D eigenvalue weighted by molar-refractivity contribution is 5.70. The van der Waals surface area contributed by atoms with Crippen LogP contribution in [0.2, 0.25) is 0 Å². The first-order valence-electron chi connectivity index (χ1n) is 5.52. The van der Waals surface area contributed by atoms with Crippen LogP contribution in [-0.4, -0.2) is 36.8 Å². The summed E-state index contributed by atoms with van der Waals surface area (Å²) in [5.74, 6) is 0.384. The fourth-order valence-corrected chi connectivity index (χ4v) is 1.47. The lowest BCUT2D eigenvalue weighted by Crippen LogP contribution is -2.09. The summed E-state index contributed by atoms with van der Waals surface area (Å²) in [7, 11) is 2.93. The fraction of sp³-hybridized carbons (Fsp3) is 0.545. The van der Waals surface area contributed by atoms with E-state index < -0.39 is 0 Å². The summed E-state index contributed by atoms with van der Waals surface area (Å²) < 4.78 is 15.0. The Morgan fingerprint density at radius 2 is 1.78 bits per heavy atom. The van der Waals surface area contributed by atoms with Crippen LogP contribution in [0.15, 0.2) is 0 Å². The molecule has 0 radical (unpaired) electrons. The SMILES string of the molecule is CCOC(=O)CCc1c(OC)nc(N)nc1OC. The van der Waals surface area contributed by atoms with E-state index in [0.717, 1.165) is 0 Å². The number of nitrogens with two attached hydrogens (primary N) is 1. The molecule has 0 bridgehead atoms. The van der Waals surface area contributed by atoms with E-state index in [-0.39, 0.29) is 18.3 Å². The van der Waals surface area contributed by atoms with E-state index >= 15 is 0 Å². The van der Waals surface area contributed by atoms with Gasteiger partial charge in [-0.3, -0.25) is 4.79 Å². The maximum Gasteiger partial charge on any atom is 0.306 e. The molecule has 1 aromatic heterocycles. The zero-order valence-electron chi connectivity index (χ0n) is 10.7. The van der Waals surface area contributed by atoms with Gasteiger partial charge in [-0.2, -0.15) is 9.97 Å². The minimum absolute atomic E-state index is 0.0589. The third-order valence-corrected chi connectivity index (χ3v) is 2.22. The predicted molar refractivity (Wildman–Crippen MR) is 64.5 cm³/mol. The number of carbonyl (C=O) groups is 1. The first kappa shape index (κ1) is 14.0. The minimum Gasteiger partial charge on any atom is -0.481 e. The molecule has 7 nitrogen and oxygen atoms in total. The summed E-state index contributed by atoms with van der Waals surface area (Å²) in [5.41, 5.74) is 6.11. The van der Waals surface area contributed by atoms with Gasteiger partial charge in [-0.15, -0.1) is 0 Å². The molecule has 1 rings (SSSR count). The monoisotopic (exact) mass is 255 g/mol. The number of aromatic nitrogens is 2. The number of nitrogen functional groups attached to an aromatic ring is 1. The van der Waals surface area contributed by atoms with Crippen LogP contribution in [0.1, 0.15) is 18.9 Å². The van der Waals surface area contributed by atoms with Gasteiger partial charge in [0, 0.05) is 6.42 Å². The highest BCUT2D eigenvalue weighted by Crippen LogP contribution is 2.26. The van der Waals surface area contributed by atoms with Crippen LogP contribution in [0, 0.1) is 0 Å². The summed E-state index contributed by atoms with van der Waals surface area (Å²) in [6.07, 6.45) is 0.569. The van der Waals surface area contributed by atoms with Gasteiger partial charge < -0.3 is 19.9 Å². The number of ether oxygens (including phenoxy) is 3. The van der Waals surface area contributed by atoms with Crippen molar-refractivity contribution in [3.05, 3.63) is 5.56 Å². The van der Waals surface area contributed by atoms with Gasteiger partial charge in [0.05, 0.1) is 26.4 Å². The Kier molecular flexibility index (Phi) is 5.16. The topological polar surface area (TPSA) is 96.6 Å². The second kappa shape index (κ2) is 6.63. The molecule has 0 unspecified atom stereocenters. The molecule has 0 aliphatic heterocycles. The summed E-state index contributed by atoms with van der Waals surface area (Å²) >= 11 is 0. The van der Waals surface area contributed by atoms with E-state index in [9.17, 15) is 4.79 Å². The molecule has 0 aliphatic rings. The molecule has 100 valence electrons. The molecule has 0 saturated carbocycles. The van der Waals surface area contributed by atoms with Crippen LogP contribution in [-0.2, 0) is 16.0 Å². The Morgan fingerprint density at radius 3 is 2.22 bits per heavy atom. The van der Waals surface area contributed by atoms with Gasteiger partial charge in [0.1, 0.15) is 0 Å². The molecule has 0 spiro atoms. The van der Waals surface area contributed by atoms with E-state index in [0.29, 0.717) is 30.4 Å². The van der Waals surface area contributed by atoms with Crippen molar-refractivity contribution in [1.29, 1.82) is 0 Å². The number of methoxy groups -OCH3 is 2. The molecule has 7 heteroatoms. The molecule has 0 saturated heterocycles. The summed E-state index contributed by atoms with van der Waals surface area (Å²) in [4.78, 5) is 19.2. The maximum atomic E-state index is 11.3. The maximum absolute atomic E-state index is 11.3. The molecule has 0 aromatic carbocycles. The largest absolute Gasteiger partial charge is 0.481 e. The van der Waals surface area contributed by atoms with Crippen LogP contribution < -0.4 is 15.2 Å². The number of esters is 1. The normalized spacial score (nSPS) is 9.94. The van der Waals surface area contributed by atoms with Crippen molar-refractivity contribution in [2.45, 2.75) is 19.8 Å². The predicted octanol–water partition coefficient (Wildman–Crippen LogP) is 0.572. The Morgan fingerprint density at radius 1 is 1.22 bits per heavy atom. The zero-order valence-corrected chi connectivity index (χ0v) is 10.7. The van der Waals surface area contributed by atoms with E-state index in [1.165, 1.54) is 14.2 Å². The average molecular weight is 255 g/mol. The van der Waals surface area contributed by atoms with E-state index in [4.69, 9.17) is 19.9 Å². The number of anilines is 1. The molecule has 0 fully saturated rings. The van der Waals surface area contributed by atoms with Crippen molar-refractivity contribution >= 4 is 11.9 Å². The average Bonchev–Trinajstić information content (AvgIpc) is 2.36. The van der Waals surface area contributed by atoms with E-state index in [1.54, 1.807) is 6.92 Å². The molecular formula is C11H17N3O4. The summed E-state index contributed by atoms with van der Waals surface area (Å²) in [5, 5.41) is 0. The number of nitrogens with zero attached hydrogens (tertiary/aromatic N) is 2. The smallest absolute Gasteiger partial charge is 0.306 e.